The van der Waals surface area contributed by atoms with E-state index < -0.39 is 0 Å². The van der Waals surface area contributed by atoms with E-state index in [1.807, 2.05) is 0 Å². The smallest absolute Gasteiger partial charge is 0.226 e. The fourth-order valence-corrected chi connectivity index (χ4v) is 3.33. The third-order valence-corrected chi connectivity index (χ3v) is 5.13. The van der Waals surface area contributed by atoms with E-state index in [1.54, 1.807) is 7.11 Å². The SMILES string of the molecule is COCCC1(C(=O)NC(C2CC2)C2CC2)CCC1. The van der Waals surface area contributed by atoms with Gasteiger partial charge in [-0.1, -0.05) is 6.42 Å². The Hall–Kier alpha value is -0.570. The van der Waals surface area contributed by atoms with Gasteiger partial charge in [-0.25, -0.2) is 0 Å². The first-order valence-electron chi connectivity index (χ1n) is 7.55. The monoisotopic (exact) mass is 251 g/mol. The second-order valence-electron chi connectivity index (χ2n) is 6.55. The molecule has 3 rings (SSSR count). The quantitative estimate of drug-likeness (QED) is 0.755. The van der Waals surface area contributed by atoms with Gasteiger partial charge in [0.25, 0.3) is 0 Å². The van der Waals surface area contributed by atoms with Gasteiger partial charge in [0.1, 0.15) is 0 Å². The molecule has 0 unspecified atom stereocenters. The molecular weight excluding hydrogens is 226 g/mol. The molecule has 0 atom stereocenters. The second kappa shape index (κ2) is 4.84. The van der Waals surface area contributed by atoms with E-state index in [0.717, 1.165) is 31.1 Å². The van der Waals surface area contributed by atoms with Gasteiger partial charge < -0.3 is 10.1 Å². The van der Waals surface area contributed by atoms with Crippen LogP contribution >= 0.6 is 0 Å². The number of rotatable bonds is 7. The highest BCUT2D eigenvalue weighted by molar-refractivity contribution is 5.83. The summed E-state index contributed by atoms with van der Waals surface area (Å²) in [6.07, 6.45) is 9.53. The first-order valence-corrected chi connectivity index (χ1v) is 7.55. The van der Waals surface area contributed by atoms with Crippen LogP contribution < -0.4 is 5.32 Å². The largest absolute Gasteiger partial charge is 0.385 e. The Kier molecular flexibility index (Phi) is 3.35. The zero-order valence-corrected chi connectivity index (χ0v) is 11.4. The molecule has 0 aromatic rings. The zero-order chi connectivity index (χ0) is 12.6. The number of nitrogens with one attached hydrogen (secondary N) is 1. The molecule has 1 N–H and O–H groups in total. The molecule has 3 heteroatoms. The van der Waals surface area contributed by atoms with Gasteiger partial charge in [0.15, 0.2) is 0 Å². The van der Waals surface area contributed by atoms with Crippen LogP contribution in [0.5, 0.6) is 0 Å². The normalized spacial score (nSPS) is 25.9. The van der Waals surface area contributed by atoms with Crippen LogP contribution in [-0.2, 0) is 9.53 Å². The molecular formula is C15H25NO2. The Bertz CT molecular complexity index is 304. The number of methoxy groups -OCH3 is 1. The van der Waals surface area contributed by atoms with E-state index in [2.05, 4.69) is 5.32 Å². The van der Waals surface area contributed by atoms with Crippen molar-refractivity contribution >= 4 is 5.91 Å². The Balaban J connectivity index is 1.58. The maximum atomic E-state index is 12.6. The molecule has 0 aliphatic heterocycles. The molecule has 18 heavy (non-hydrogen) atoms. The summed E-state index contributed by atoms with van der Waals surface area (Å²) >= 11 is 0. The molecule has 0 saturated heterocycles. The van der Waals surface area contributed by atoms with Crippen molar-refractivity contribution in [1.29, 1.82) is 0 Å². The highest BCUT2D eigenvalue weighted by Crippen LogP contribution is 2.47. The van der Waals surface area contributed by atoms with E-state index in [4.69, 9.17) is 4.74 Å². The molecule has 0 radical (unpaired) electrons. The summed E-state index contributed by atoms with van der Waals surface area (Å²) in [6.45, 7) is 0.713. The van der Waals surface area contributed by atoms with Crippen molar-refractivity contribution in [3.05, 3.63) is 0 Å². The third kappa shape index (κ3) is 2.42. The lowest BCUT2D eigenvalue weighted by molar-refractivity contribution is -0.138. The Labute approximate surface area is 110 Å². The van der Waals surface area contributed by atoms with Crippen LogP contribution in [0.3, 0.4) is 0 Å². The lowest BCUT2D eigenvalue weighted by atomic mass is 9.66. The Morgan fingerprint density at radius 3 is 2.28 bits per heavy atom. The summed E-state index contributed by atoms with van der Waals surface area (Å²) in [5, 5.41) is 3.40. The van der Waals surface area contributed by atoms with Gasteiger partial charge in [-0.15, -0.1) is 0 Å². The highest BCUT2D eigenvalue weighted by Gasteiger charge is 2.48. The molecule has 0 heterocycles. The van der Waals surface area contributed by atoms with E-state index in [1.165, 1.54) is 32.1 Å². The van der Waals surface area contributed by atoms with Gasteiger partial charge >= 0.3 is 0 Å². The number of ether oxygens (including phenoxy) is 1. The molecule has 102 valence electrons. The molecule has 3 aliphatic rings. The van der Waals surface area contributed by atoms with Gasteiger partial charge in [0.05, 0.1) is 5.41 Å². The fraction of sp³-hybridized carbons (Fsp3) is 0.933. The molecule has 3 saturated carbocycles. The molecule has 3 aliphatic carbocycles. The standard InChI is InChI=1S/C15H25NO2/c1-18-10-9-15(7-2-8-15)14(17)16-13(11-3-4-11)12-5-6-12/h11-13H,2-10H2,1H3,(H,16,17). The van der Waals surface area contributed by atoms with Crippen molar-refractivity contribution < 1.29 is 9.53 Å². The summed E-state index contributed by atoms with van der Waals surface area (Å²) < 4.78 is 5.17. The predicted molar refractivity (Wildman–Crippen MR) is 70.2 cm³/mol. The summed E-state index contributed by atoms with van der Waals surface area (Å²) in [5.74, 6) is 1.91. The number of amides is 1. The highest BCUT2D eigenvalue weighted by atomic mass is 16.5. The van der Waals surface area contributed by atoms with Crippen molar-refractivity contribution in [2.24, 2.45) is 17.3 Å². The van der Waals surface area contributed by atoms with E-state index >= 15 is 0 Å². The van der Waals surface area contributed by atoms with Gasteiger partial charge in [0, 0.05) is 19.8 Å². The van der Waals surface area contributed by atoms with Crippen LogP contribution in [0.15, 0.2) is 0 Å². The minimum atomic E-state index is -0.0853. The second-order valence-corrected chi connectivity index (χ2v) is 6.55. The van der Waals surface area contributed by atoms with Crippen LogP contribution in [0.4, 0.5) is 0 Å². The third-order valence-electron chi connectivity index (χ3n) is 5.13. The number of hydrogen-bond acceptors (Lipinski definition) is 2. The predicted octanol–water partition coefficient (Wildman–Crippen LogP) is 2.50. The summed E-state index contributed by atoms with van der Waals surface area (Å²) in [7, 11) is 1.72. The summed E-state index contributed by atoms with van der Waals surface area (Å²) in [4.78, 5) is 12.6. The number of hydrogen-bond donors (Lipinski definition) is 1. The molecule has 1 amide bonds. The van der Waals surface area contributed by atoms with Crippen molar-refractivity contribution in [1.82, 2.24) is 5.32 Å². The van der Waals surface area contributed by atoms with Crippen LogP contribution in [0, 0.1) is 17.3 Å². The maximum Gasteiger partial charge on any atom is 0.226 e. The van der Waals surface area contributed by atoms with Gasteiger partial charge in [-0.3, -0.25) is 4.79 Å². The molecule has 3 fully saturated rings. The Morgan fingerprint density at radius 1 is 1.28 bits per heavy atom. The Morgan fingerprint density at radius 2 is 1.89 bits per heavy atom. The average molecular weight is 251 g/mol. The average Bonchev–Trinajstić information content (AvgIpc) is 3.14. The minimum absolute atomic E-state index is 0.0853. The van der Waals surface area contributed by atoms with E-state index in [9.17, 15) is 4.79 Å². The lowest BCUT2D eigenvalue weighted by Crippen LogP contribution is -2.50. The van der Waals surface area contributed by atoms with Crippen LogP contribution in [0.2, 0.25) is 0 Å². The number of carbonyl (C=O) groups excluding carboxylic acids is 1. The van der Waals surface area contributed by atoms with Crippen molar-refractivity contribution in [3.63, 3.8) is 0 Å². The minimum Gasteiger partial charge on any atom is -0.385 e. The summed E-state index contributed by atoms with van der Waals surface area (Å²) in [5.41, 5.74) is -0.0853. The first kappa shape index (κ1) is 12.5. The van der Waals surface area contributed by atoms with Crippen LogP contribution in [0.25, 0.3) is 0 Å². The molecule has 0 aromatic carbocycles. The molecule has 0 bridgehead atoms. The van der Waals surface area contributed by atoms with Crippen LogP contribution in [0.1, 0.15) is 51.4 Å². The van der Waals surface area contributed by atoms with Crippen molar-refractivity contribution in [2.75, 3.05) is 13.7 Å². The first-order chi connectivity index (χ1) is 8.75. The van der Waals surface area contributed by atoms with Crippen molar-refractivity contribution in [3.8, 4) is 0 Å². The zero-order valence-electron chi connectivity index (χ0n) is 11.4. The lowest BCUT2D eigenvalue weighted by Gasteiger charge is -2.41. The molecule has 0 aromatic heterocycles. The molecule has 0 spiro atoms. The maximum absolute atomic E-state index is 12.6. The van der Waals surface area contributed by atoms with Gasteiger partial charge in [-0.2, -0.15) is 0 Å². The fourth-order valence-electron chi connectivity index (χ4n) is 3.33. The topological polar surface area (TPSA) is 38.3 Å². The van der Waals surface area contributed by atoms with E-state index in [-0.39, 0.29) is 5.41 Å². The van der Waals surface area contributed by atoms with E-state index in [0.29, 0.717) is 18.6 Å². The van der Waals surface area contributed by atoms with Crippen molar-refractivity contribution in [2.45, 2.75) is 57.4 Å². The number of carbonyl (C=O) groups is 1. The molecule has 3 nitrogen and oxygen atoms in total. The van der Waals surface area contributed by atoms with Crippen LogP contribution in [-0.4, -0.2) is 25.7 Å². The van der Waals surface area contributed by atoms with Gasteiger partial charge in [-0.05, 0) is 56.8 Å². The summed E-state index contributed by atoms with van der Waals surface area (Å²) in [6, 6.07) is 0.498. The van der Waals surface area contributed by atoms with Gasteiger partial charge in [0.2, 0.25) is 5.91 Å².